The van der Waals surface area contributed by atoms with Crippen LogP contribution in [0.1, 0.15) is 29.8 Å². The minimum atomic E-state index is -0.00723. The lowest BCUT2D eigenvalue weighted by molar-refractivity contribution is -0.123. The molecule has 0 bridgehead atoms. The monoisotopic (exact) mass is 380 g/mol. The van der Waals surface area contributed by atoms with E-state index in [1.165, 1.54) is 11.8 Å². The van der Waals surface area contributed by atoms with Crippen LogP contribution in [0.4, 0.5) is 0 Å². The van der Waals surface area contributed by atoms with Gasteiger partial charge < -0.3 is 14.0 Å². The first-order valence-corrected chi connectivity index (χ1v) is 9.76. The molecule has 1 amide bonds. The number of aromatic nitrogens is 1. The van der Waals surface area contributed by atoms with Gasteiger partial charge >= 0.3 is 0 Å². The second kappa shape index (κ2) is 8.03. The Morgan fingerprint density at radius 1 is 1.48 bits per heavy atom. The zero-order valence-electron chi connectivity index (χ0n) is 14.9. The van der Waals surface area contributed by atoms with Crippen molar-refractivity contribution in [2.24, 2.45) is 0 Å². The van der Waals surface area contributed by atoms with E-state index in [1.54, 1.807) is 12.0 Å². The number of methoxy groups -OCH3 is 1. The van der Waals surface area contributed by atoms with Gasteiger partial charge in [0.15, 0.2) is 0 Å². The predicted molar refractivity (Wildman–Crippen MR) is 105 cm³/mol. The van der Waals surface area contributed by atoms with Crippen LogP contribution in [-0.4, -0.2) is 52.7 Å². The fraction of sp³-hybridized carbons (Fsp3) is 0.556. The zero-order valence-corrected chi connectivity index (χ0v) is 16.5. The van der Waals surface area contributed by atoms with E-state index in [-0.39, 0.29) is 12.0 Å². The van der Waals surface area contributed by atoms with Crippen molar-refractivity contribution in [2.45, 2.75) is 39.3 Å². The van der Waals surface area contributed by atoms with Crippen molar-refractivity contribution in [3.05, 3.63) is 27.9 Å². The van der Waals surface area contributed by atoms with Crippen LogP contribution in [0.3, 0.4) is 0 Å². The van der Waals surface area contributed by atoms with Gasteiger partial charge in [-0.2, -0.15) is 0 Å². The van der Waals surface area contributed by atoms with E-state index in [9.17, 15) is 4.79 Å². The molecule has 1 aromatic rings. The molecule has 1 aromatic heterocycles. The number of rotatable bonds is 6. The molecule has 25 heavy (non-hydrogen) atoms. The number of carbonyl (C=O) groups is 1. The summed E-state index contributed by atoms with van der Waals surface area (Å²) in [6.07, 6.45) is 4.13. The Morgan fingerprint density at radius 2 is 2.28 bits per heavy atom. The first-order valence-electron chi connectivity index (χ1n) is 8.54. The summed E-state index contributed by atoms with van der Waals surface area (Å²) in [5.41, 5.74) is 3.36. The molecule has 0 saturated carbocycles. The molecule has 0 aromatic carbocycles. The van der Waals surface area contributed by atoms with Crippen LogP contribution >= 0.6 is 24.0 Å². The number of thioether (sulfide) groups is 1. The molecular weight excluding hydrogens is 356 g/mol. The van der Waals surface area contributed by atoms with E-state index in [1.807, 2.05) is 6.08 Å². The summed E-state index contributed by atoms with van der Waals surface area (Å²) in [5.74, 6) is -0.00723. The van der Waals surface area contributed by atoms with Crippen molar-refractivity contribution in [3.63, 3.8) is 0 Å². The molecule has 0 radical (unpaired) electrons. The van der Waals surface area contributed by atoms with Gasteiger partial charge in [0, 0.05) is 31.6 Å². The number of ether oxygens (including phenoxy) is 2. The highest BCUT2D eigenvalue weighted by Gasteiger charge is 2.34. The Bertz CT molecular complexity index is 705. The van der Waals surface area contributed by atoms with Crippen molar-refractivity contribution in [2.75, 3.05) is 26.9 Å². The highest BCUT2D eigenvalue weighted by Crippen LogP contribution is 2.34. The Balaban J connectivity index is 1.77. The molecule has 0 N–H and O–H groups in total. The Labute approximate surface area is 158 Å². The summed E-state index contributed by atoms with van der Waals surface area (Å²) in [7, 11) is 1.70. The van der Waals surface area contributed by atoms with Gasteiger partial charge in [-0.1, -0.05) is 24.0 Å². The average Bonchev–Trinajstić information content (AvgIpc) is 3.25. The van der Waals surface area contributed by atoms with Gasteiger partial charge in [-0.05, 0) is 44.4 Å². The van der Waals surface area contributed by atoms with Crippen molar-refractivity contribution in [1.82, 2.24) is 9.47 Å². The number of carbonyl (C=O) groups excluding carboxylic acids is 1. The number of thiocarbonyl (C=S) groups is 1. The van der Waals surface area contributed by atoms with Gasteiger partial charge in [-0.15, -0.1) is 0 Å². The van der Waals surface area contributed by atoms with Crippen molar-refractivity contribution >= 4 is 40.3 Å². The molecule has 2 fully saturated rings. The molecule has 136 valence electrons. The molecule has 5 nitrogen and oxygen atoms in total. The van der Waals surface area contributed by atoms with Crippen LogP contribution < -0.4 is 0 Å². The molecule has 2 aliphatic rings. The van der Waals surface area contributed by atoms with Gasteiger partial charge in [-0.25, -0.2) is 0 Å². The number of hydrogen-bond acceptors (Lipinski definition) is 5. The molecule has 1 atom stereocenters. The summed E-state index contributed by atoms with van der Waals surface area (Å²) in [4.78, 5) is 15.1. The van der Waals surface area contributed by atoms with E-state index in [0.29, 0.717) is 22.4 Å². The first kappa shape index (κ1) is 18.6. The molecule has 0 unspecified atom stereocenters. The average molecular weight is 381 g/mol. The van der Waals surface area contributed by atoms with Crippen LogP contribution in [0.5, 0.6) is 0 Å². The summed E-state index contributed by atoms with van der Waals surface area (Å²) >= 11 is 6.80. The lowest BCUT2D eigenvalue weighted by Crippen LogP contribution is -2.35. The van der Waals surface area contributed by atoms with Crippen LogP contribution in [0.15, 0.2) is 11.0 Å². The number of hydrogen-bond donors (Lipinski definition) is 0. The first-order chi connectivity index (χ1) is 12.0. The Kier molecular flexibility index (Phi) is 5.99. The lowest BCUT2D eigenvalue weighted by atomic mass is 10.2. The van der Waals surface area contributed by atoms with Crippen molar-refractivity contribution in [3.8, 4) is 0 Å². The van der Waals surface area contributed by atoms with E-state index in [0.717, 1.165) is 42.9 Å². The fourth-order valence-corrected chi connectivity index (χ4v) is 4.56. The SMILES string of the molecule is COCCn1c(C)cc(/C=C2\SC(=S)N(C[C@@H]3CCCO3)C2=O)c1C. The smallest absolute Gasteiger partial charge is 0.266 e. The largest absolute Gasteiger partial charge is 0.383 e. The van der Waals surface area contributed by atoms with Gasteiger partial charge in [0.05, 0.1) is 24.2 Å². The lowest BCUT2D eigenvalue weighted by Gasteiger charge is -2.18. The summed E-state index contributed by atoms with van der Waals surface area (Å²) < 4.78 is 13.7. The second-order valence-corrected chi connectivity index (χ2v) is 8.07. The van der Waals surface area contributed by atoms with Gasteiger partial charge in [0.25, 0.3) is 5.91 Å². The second-order valence-electron chi connectivity index (χ2n) is 6.40. The fourth-order valence-electron chi connectivity index (χ4n) is 3.29. The maximum atomic E-state index is 12.8. The van der Waals surface area contributed by atoms with Crippen LogP contribution in [-0.2, 0) is 20.8 Å². The molecule has 7 heteroatoms. The number of aryl methyl sites for hydroxylation is 1. The van der Waals surface area contributed by atoms with Gasteiger partial charge in [0.2, 0.25) is 0 Å². The Morgan fingerprint density at radius 3 is 2.96 bits per heavy atom. The highest BCUT2D eigenvalue weighted by atomic mass is 32.2. The van der Waals surface area contributed by atoms with Crippen molar-refractivity contribution < 1.29 is 14.3 Å². The van der Waals surface area contributed by atoms with Crippen LogP contribution in [0, 0.1) is 13.8 Å². The third-order valence-electron chi connectivity index (χ3n) is 4.70. The maximum Gasteiger partial charge on any atom is 0.266 e. The highest BCUT2D eigenvalue weighted by molar-refractivity contribution is 8.26. The van der Waals surface area contributed by atoms with E-state index in [4.69, 9.17) is 21.7 Å². The quantitative estimate of drug-likeness (QED) is 0.560. The molecular formula is C18H24N2O3S2. The zero-order chi connectivity index (χ0) is 18.0. The maximum absolute atomic E-state index is 12.8. The molecule has 2 saturated heterocycles. The van der Waals surface area contributed by atoms with Gasteiger partial charge in [-0.3, -0.25) is 9.69 Å². The van der Waals surface area contributed by atoms with E-state index >= 15 is 0 Å². The summed E-state index contributed by atoms with van der Waals surface area (Å²) in [5, 5.41) is 0. The topological polar surface area (TPSA) is 43.7 Å². The summed E-state index contributed by atoms with van der Waals surface area (Å²) in [6, 6.07) is 2.11. The number of amides is 1. The predicted octanol–water partition coefficient (Wildman–Crippen LogP) is 3.13. The normalized spacial score (nSPS) is 22.6. The van der Waals surface area contributed by atoms with Gasteiger partial charge in [0.1, 0.15) is 4.32 Å². The third kappa shape index (κ3) is 4.00. The summed E-state index contributed by atoms with van der Waals surface area (Å²) in [6.45, 7) is 6.96. The van der Waals surface area contributed by atoms with E-state index < -0.39 is 0 Å². The molecule has 0 spiro atoms. The number of nitrogens with zero attached hydrogens (tertiary/aromatic N) is 2. The van der Waals surface area contributed by atoms with E-state index in [2.05, 4.69) is 24.5 Å². The van der Waals surface area contributed by atoms with Crippen LogP contribution in [0.25, 0.3) is 6.08 Å². The molecule has 2 aliphatic heterocycles. The molecule has 3 heterocycles. The Hall–Kier alpha value is -1.15. The minimum Gasteiger partial charge on any atom is -0.383 e. The minimum absolute atomic E-state index is 0.00723. The van der Waals surface area contributed by atoms with Crippen LogP contribution in [0.2, 0.25) is 0 Å². The van der Waals surface area contributed by atoms with Crippen molar-refractivity contribution in [1.29, 1.82) is 0 Å². The standard InChI is InChI=1S/C18H24N2O3S2/c1-12-9-14(13(2)19(12)6-8-22-3)10-16-17(21)20(18(24)25-16)11-15-5-4-7-23-15/h9-10,15H,4-8,11H2,1-3H3/b16-10-/t15-/m0/s1. The molecule has 0 aliphatic carbocycles. The molecule has 3 rings (SSSR count). The third-order valence-corrected chi connectivity index (χ3v) is 6.08.